The number of amides is 2. The van der Waals surface area contributed by atoms with Gasteiger partial charge in [-0.15, -0.1) is 11.8 Å². The van der Waals surface area contributed by atoms with Crippen LogP contribution in [0.2, 0.25) is 0 Å². The van der Waals surface area contributed by atoms with E-state index in [1.54, 1.807) is 11.8 Å². The van der Waals surface area contributed by atoms with E-state index in [4.69, 9.17) is 0 Å². The number of unbranched alkanes of at least 4 members (excludes halogenated alkanes) is 1. The van der Waals surface area contributed by atoms with Gasteiger partial charge < -0.3 is 10.2 Å². The lowest BCUT2D eigenvalue weighted by Crippen LogP contribution is -2.52. The van der Waals surface area contributed by atoms with Crippen molar-refractivity contribution >= 4 is 23.6 Å². The predicted octanol–water partition coefficient (Wildman–Crippen LogP) is 1.90. The molecule has 1 saturated heterocycles. The Morgan fingerprint density at radius 2 is 1.82 bits per heavy atom. The summed E-state index contributed by atoms with van der Waals surface area (Å²) in [5.41, 5.74) is 1.21. The zero-order valence-electron chi connectivity index (χ0n) is 17.4. The standard InChI is InChI=1S/C21H34N4O2S/c1-4-5-10-22-20(26)16-24-11-13-25(14-12-24)21(27)17-23(2)15-18-6-8-19(28-3)9-7-18/h6-9H,4-5,10-17H2,1-3H3,(H,22,26). The molecule has 0 aliphatic carbocycles. The molecular weight excluding hydrogens is 372 g/mol. The summed E-state index contributed by atoms with van der Waals surface area (Å²) in [6.07, 6.45) is 4.17. The molecule has 1 aromatic carbocycles. The van der Waals surface area contributed by atoms with E-state index < -0.39 is 0 Å². The molecule has 1 N–H and O–H groups in total. The van der Waals surface area contributed by atoms with Crippen LogP contribution >= 0.6 is 11.8 Å². The molecule has 0 atom stereocenters. The first kappa shape index (κ1) is 22.7. The molecule has 0 unspecified atom stereocenters. The molecule has 2 rings (SSSR count). The maximum Gasteiger partial charge on any atom is 0.236 e. The average molecular weight is 407 g/mol. The molecule has 156 valence electrons. The summed E-state index contributed by atoms with van der Waals surface area (Å²) in [6.45, 7) is 7.37. The molecule has 1 fully saturated rings. The van der Waals surface area contributed by atoms with Crippen LogP contribution in [0.5, 0.6) is 0 Å². The van der Waals surface area contributed by atoms with Gasteiger partial charge in [-0.1, -0.05) is 25.5 Å². The largest absolute Gasteiger partial charge is 0.355 e. The highest BCUT2D eigenvalue weighted by molar-refractivity contribution is 7.98. The highest BCUT2D eigenvalue weighted by Gasteiger charge is 2.23. The van der Waals surface area contributed by atoms with Crippen LogP contribution in [-0.2, 0) is 16.1 Å². The molecule has 0 radical (unpaired) electrons. The first-order valence-corrected chi connectivity index (χ1v) is 11.3. The number of carbonyl (C=O) groups excluding carboxylic acids is 2. The van der Waals surface area contributed by atoms with Crippen LogP contribution < -0.4 is 5.32 Å². The van der Waals surface area contributed by atoms with E-state index >= 15 is 0 Å². The number of benzene rings is 1. The van der Waals surface area contributed by atoms with Crippen LogP contribution in [-0.4, -0.2) is 85.6 Å². The van der Waals surface area contributed by atoms with E-state index in [9.17, 15) is 9.59 Å². The van der Waals surface area contributed by atoms with Crippen molar-refractivity contribution < 1.29 is 9.59 Å². The summed E-state index contributed by atoms with van der Waals surface area (Å²) in [6, 6.07) is 8.48. The number of piperazine rings is 1. The van der Waals surface area contributed by atoms with E-state index in [0.717, 1.165) is 39.0 Å². The lowest BCUT2D eigenvalue weighted by Gasteiger charge is -2.35. The number of nitrogens with one attached hydrogen (secondary N) is 1. The molecule has 0 bridgehead atoms. The van der Waals surface area contributed by atoms with Gasteiger partial charge in [-0.3, -0.25) is 19.4 Å². The van der Waals surface area contributed by atoms with Crippen LogP contribution in [0.1, 0.15) is 25.3 Å². The minimum atomic E-state index is 0.0838. The quantitative estimate of drug-likeness (QED) is 0.475. The fraction of sp³-hybridized carbons (Fsp3) is 0.619. The van der Waals surface area contributed by atoms with E-state index in [2.05, 4.69) is 52.6 Å². The molecule has 1 aliphatic heterocycles. The SMILES string of the molecule is CCCCNC(=O)CN1CCN(C(=O)CN(C)Cc2ccc(SC)cc2)CC1. The fourth-order valence-electron chi connectivity index (χ4n) is 3.25. The van der Waals surface area contributed by atoms with Gasteiger partial charge >= 0.3 is 0 Å². The van der Waals surface area contributed by atoms with Gasteiger partial charge in [0.2, 0.25) is 11.8 Å². The lowest BCUT2D eigenvalue weighted by atomic mass is 10.2. The first-order chi connectivity index (χ1) is 13.5. The number of nitrogens with zero attached hydrogens (tertiary/aromatic N) is 3. The second kappa shape index (κ2) is 12.1. The van der Waals surface area contributed by atoms with Crippen molar-refractivity contribution in [3.63, 3.8) is 0 Å². The van der Waals surface area contributed by atoms with Gasteiger partial charge in [0.25, 0.3) is 0 Å². The van der Waals surface area contributed by atoms with Crippen LogP contribution in [0.4, 0.5) is 0 Å². The Labute approximate surface area is 173 Å². The smallest absolute Gasteiger partial charge is 0.236 e. The van der Waals surface area contributed by atoms with Crippen LogP contribution in [0, 0.1) is 0 Å². The normalized spacial score (nSPS) is 15.1. The third-order valence-corrected chi connectivity index (χ3v) is 5.71. The molecular formula is C21H34N4O2S. The van der Waals surface area contributed by atoms with Gasteiger partial charge in [0.05, 0.1) is 13.1 Å². The Balaban J connectivity index is 1.68. The lowest BCUT2D eigenvalue weighted by molar-refractivity contribution is -0.134. The molecule has 1 aromatic rings. The van der Waals surface area contributed by atoms with Gasteiger partial charge in [-0.2, -0.15) is 0 Å². The Bertz CT molecular complexity index is 615. The monoisotopic (exact) mass is 406 g/mol. The number of carbonyl (C=O) groups is 2. The predicted molar refractivity (Wildman–Crippen MR) is 115 cm³/mol. The zero-order valence-corrected chi connectivity index (χ0v) is 18.3. The van der Waals surface area contributed by atoms with E-state index in [-0.39, 0.29) is 11.8 Å². The van der Waals surface area contributed by atoms with E-state index in [0.29, 0.717) is 26.2 Å². The first-order valence-electron chi connectivity index (χ1n) is 10.1. The van der Waals surface area contributed by atoms with E-state index in [1.807, 2.05) is 11.9 Å². The minimum Gasteiger partial charge on any atom is -0.355 e. The maximum atomic E-state index is 12.6. The highest BCUT2D eigenvalue weighted by atomic mass is 32.2. The van der Waals surface area contributed by atoms with Crippen molar-refractivity contribution in [3.05, 3.63) is 29.8 Å². The van der Waals surface area contributed by atoms with Gasteiger partial charge in [0.15, 0.2) is 0 Å². The van der Waals surface area contributed by atoms with Crippen LogP contribution in [0.15, 0.2) is 29.2 Å². The van der Waals surface area contributed by atoms with Crippen molar-refractivity contribution in [1.29, 1.82) is 0 Å². The molecule has 1 aliphatic rings. The van der Waals surface area contributed by atoms with Crippen molar-refractivity contribution in [3.8, 4) is 0 Å². The van der Waals surface area contributed by atoms with Gasteiger partial charge in [-0.25, -0.2) is 0 Å². The summed E-state index contributed by atoms with van der Waals surface area (Å²) >= 11 is 1.73. The summed E-state index contributed by atoms with van der Waals surface area (Å²) in [5, 5.41) is 2.95. The molecule has 7 heteroatoms. The van der Waals surface area contributed by atoms with Gasteiger partial charge in [0.1, 0.15) is 0 Å². The number of thioether (sulfide) groups is 1. The fourth-order valence-corrected chi connectivity index (χ4v) is 3.66. The number of hydrogen-bond acceptors (Lipinski definition) is 5. The third-order valence-electron chi connectivity index (χ3n) is 4.96. The maximum absolute atomic E-state index is 12.6. The van der Waals surface area contributed by atoms with Crippen LogP contribution in [0.3, 0.4) is 0 Å². The zero-order chi connectivity index (χ0) is 20.4. The number of hydrogen-bond donors (Lipinski definition) is 1. The van der Waals surface area contributed by atoms with Crippen molar-refractivity contribution in [2.45, 2.75) is 31.2 Å². The second-order valence-corrected chi connectivity index (χ2v) is 8.26. The number of likely N-dealkylation sites (N-methyl/N-ethyl adjacent to an activating group) is 1. The van der Waals surface area contributed by atoms with E-state index in [1.165, 1.54) is 10.5 Å². The molecule has 1 heterocycles. The van der Waals surface area contributed by atoms with Crippen molar-refractivity contribution in [1.82, 2.24) is 20.0 Å². The van der Waals surface area contributed by atoms with Gasteiger partial charge in [0, 0.05) is 44.2 Å². The summed E-state index contributed by atoms with van der Waals surface area (Å²) < 4.78 is 0. The molecule has 0 saturated carbocycles. The number of rotatable bonds is 10. The molecule has 6 nitrogen and oxygen atoms in total. The minimum absolute atomic E-state index is 0.0838. The summed E-state index contributed by atoms with van der Waals surface area (Å²) in [5.74, 6) is 0.246. The summed E-state index contributed by atoms with van der Waals surface area (Å²) in [4.78, 5) is 31.9. The van der Waals surface area contributed by atoms with Crippen LogP contribution in [0.25, 0.3) is 0 Å². The van der Waals surface area contributed by atoms with Crippen molar-refractivity contribution in [2.24, 2.45) is 0 Å². The molecule has 28 heavy (non-hydrogen) atoms. The molecule has 2 amide bonds. The highest BCUT2D eigenvalue weighted by Crippen LogP contribution is 2.15. The second-order valence-electron chi connectivity index (χ2n) is 7.38. The van der Waals surface area contributed by atoms with Gasteiger partial charge in [-0.05, 0) is 37.4 Å². The Morgan fingerprint density at radius 3 is 2.43 bits per heavy atom. The average Bonchev–Trinajstić information content (AvgIpc) is 2.69. The molecule has 0 aromatic heterocycles. The summed E-state index contributed by atoms with van der Waals surface area (Å²) in [7, 11) is 1.98. The molecule has 0 spiro atoms. The Morgan fingerprint density at radius 1 is 1.14 bits per heavy atom. The Kier molecular flexibility index (Phi) is 9.81. The Hall–Kier alpha value is -1.57. The third kappa shape index (κ3) is 7.81. The van der Waals surface area contributed by atoms with Crippen molar-refractivity contribution in [2.75, 3.05) is 59.1 Å². The topological polar surface area (TPSA) is 55.9 Å².